The Hall–Kier alpha value is -9.83. The van der Waals surface area contributed by atoms with E-state index < -0.39 is 0 Å². The fourth-order valence-electron chi connectivity index (χ4n) is 10.7. The van der Waals surface area contributed by atoms with Crippen molar-refractivity contribution in [1.82, 2.24) is 30.4 Å². The van der Waals surface area contributed by atoms with Crippen LogP contribution >= 0.6 is 140 Å². The number of hydrogen-bond acceptors (Lipinski definition) is 22. The summed E-state index contributed by atoms with van der Waals surface area (Å²) in [5.74, 6) is 10.8. The molecule has 0 amide bonds. The van der Waals surface area contributed by atoms with Crippen LogP contribution in [0.25, 0.3) is 0 Å². The van der Waals surface area contributed by atoms with Gasteiger partial charge in [0.05, 0.1) is 77.5 Å². The number of benzene rings is 5. The predicted octanol–water partition coefficient (Wildman–Crippen LogP) is 22.4. The zero-order valence-corrected chi connectivity index (χ0v) is 74.6. The Kier molecular flexibility index (Phi) is 37.8. The van der Waals surface area contributed by atoms with Gasteiger partial charge in [0.15, 0.2) is 33.4 Å². The molecule has 0 radical (unpaired) electrons. The van der Waals surface area contributed by atoms with Gasteiger partial charge in [0.2, 0.25) is 0 Å². The zero-order chi connectivity index (χ0) is 85.6. The van der Waals surface area contributed by atoms with E-state index in [0.29, 0.717) is 115 Å². The molecule has 0 spiro atoms. The molecule has 0 aliphatic carbocycles. The van der Waals surface area contributed by atoms with Gasteiger partial charge in [-0.15, -0.1) is 45.3 Å². The maximum absolute atomic E-state index is 13.2. The Labute approximate surface area is 737 Å². The number of carbonyl (C=O) groups excluding carboxylic acids is 5. The minimum absolute atomic E-state index is 0.102. The minimum atomic E-state index is -0.233. The third kappa shape index (κ3) is 26.6. The number of hydrazine groups is 2. The Morgan fingerprint density at radius 2 is 1.02 bits per heavy atom. The summed E-state index contributed by atoms with van der Waals surface area (Å²) >= 11 is 52.3. The normalized spacial score (nSPS) is 10.8. The molecule has 9 N–H and O–H groups in total. The van der Waals surface area contributed by atoms with Crippen LogP contribution in [0.4, 0.5) is 20.0 Å². The topological polar surface area (TPSA) is 293 Å². The number of aliphatic imine (C=N–C) groups is 1. The van der Waals surface area contributed by atoms with Crippen molar-refractivity contribution >= 4 is 210 Å². The zero-order valence-electron chi connectivity index (χ0n) is 65.1. The van der Waals surface area contributed by atoms with Gasteiger partial charge in [-0.2, -0.15) is 15.4 Å². The number of thiocarbonyl (C=S) groups is 3. The van der Waals surface area contributed by atoms with Crippen LogP contribution in [0.2, 0.25) is 25.1 Å². The summed E-state index contributed by atoms with van der Waals surface area (Å²) in [6.45, 7) is 20.9. The number of nitrogens with one attached hydrogen (secondary N) is 3. The second kappa shape index (κ2) is 46.9. The van der Waals surface area contributed by atoms with Crippen LogP contribution in [-0.2, 0) is 24.4 Å². The maximum atomic E-state index is 13.2. The predicted molar refractivity (Wildman–Crippen MR) is 494 cm³/mol. The van der Waals surface area contributed by atoms with E-state index in [2.05, 4.69) is 67.2 Å². The van der Waals surface area contributed by atoms with Gasteiger partial charge in [0, 0.05) is 103 Å². The molecule has 0 saturated heterocycles. The van der Waals surface area contributed by atoms with E-state index in [9.17, 15) is 24.0 Å². The van der Waals surface area contributed by atoms with Crippen LogP contribution in [0.5, 0.6) is 0 Å². The molecule has 0 bridgehead atoms. The number of pyridine rings is 3. The molecule has 602 valence electrons. The van der Waals surface area contributed by atoms with Crippen molar-refractivity contribution in [3.05, 3.63) is 329 Å². The van der Waals surface area contributed by atoms with Crippen LogP contribution in [0, 0.1) is 66.7 Å². The number of nitrogens with zero attached hydrogens (tertiary/aromatic N) is 8. The summed E-state index contributed by atoms with van der Waals surface area (Å²) in [4.78, 5) is 79.6. The number of halogens is 5. The number of nitriles is 1. The fraction of sp³-hybridized carbons (Fsp3) is 0.174. The molecule has 1 aliphatic heterocycles. The second-order valence-electron chi connectivity index (χ2n) is 25.3. The monoisotopic (exact) mass is 1790 g/mol. The van der Waals surface area contributed by atoms with E-state index in [1.165, 1.54) is 49.5 Å². The highest BCUT2D eigenvalue weighted by Crippen LogP contribution is 2.41. The van der Waals surface area contributed by atoms with Gasteiger partial charge in [0.1, 0.15) is 26.5 Å². The Morgan fingerprint density at radius 3 is 1.48 bits per heavy atom. The fourth-order valence-corrected chi connectivity index (χ4v) is 16.5. The number of rotatable bonds is 18. The van der Waals surface area contributed by atoms with E-state index in [1.807, 2.05) is 115 Å². The number of fused-ring (bicyclic) bond motifs is 1. The van der Waals surface area contributed by atoms with Crippen molar-refractivity contribution in [2.45, 2.75) is 102 Å². The van der Waals surface area contributed by atoms with E-state index in [-0.39, 0.29) is 35.3 Å². The van der Waals surface area contributed by atoms with Gasteiger partial charge < -0.3 is 21.2 Å². The Morgan fingerprint density at radius 1 is 0.581 bits per heavy atom. The molecule has 19 nitrogen and oxygen atoms in total. The molecule has 0 saturated carbocycles. The molecule has 7 aromatic heterocycles. The number of anilines is 3. The van der Waals surface area contributed by atoms with Crippen molar-refractivity contribution in [2.75, 3.05) is 16.4 Å². The number of carbonyl (C=O) groups is 5. The van der Waals surface area contributed by atoms with Gasteiger partial charge in [-0.25, -0.2) is 10.9 Å². The minimum Gasteiger partial charge on any atom is -0.390 e. The molecule has 5 aromatic carbocycles. The van der Waals surface area contributed by atoms with Crippen molar-refractivity contribution in [3.8, 4) is 6.07 Å². The quantitative estimate of drug-likeness (QED) is 0.0153. The van der Waals surface area contributed by atoms with Crippen LogP contribution in [-0.4, -0.2) is 75.0 Å². The number of nitrogen functional groups attached to an aromatic ring is 1. The van der Waals surface area contributed by atoms with Gasteiger partial charge in [-0.1, -0.05) is 150 Å². The van der Waals surface area contributed by atoms with E-state index in [4.69, 9.17) is 110 Å². The molecule has 13 rings (SSSR count). The summed E-state index contributed by atoms with van der Waals surface area (Å²) < 4.78 is 0. The average molecular weight is 1790 g/mol. The van der Waals surface area contributed by atoms with Crippen LogP contribution < -0.4 is 33.5 Å². The lowest BCUT2D eigenvalue weighted by molar-refractivity contribution is -0.116. The van der Waals surface area contributed by atoms with E-state index in [0.717, 1.165) is 69.9 Å². The number of nitrogens with two attached hydrogens (primary N) is 3. The third-order valence-electron chi connectivity index (χ3n) is 17.3. The van der Waals surface area contributed by atoms with Gasteiger partial charge in [-0.3, -0.25) is 50.4 Å². The number of hydrogen-bond donors (Lipinski definition) is 6. The average Bonchev–Trinajstić information content (AvgIpc) is 1.66. The van der Waals surface area contributed by atoms with E-state index >= 15 is 0 Å². The highest BCUT2D eigenvalue weighted by Gasteiger charge is 2.29. The second-order valence-corrected chi connectivity index (χ2v) is 33.2. The molecule has 1 aliphatic rings. The molecular weight excluding hydrogens is 1710 g/mol. The number of ketones is 5. The largest absolute Gasteiger partial charge is 0.390 e. The summed E-state index contributed by atoms with van der Waals surface area (Å²) in [7, 11) is 0. The van der Waals surface area contributed by atoms with Crippen LogP contribution in [0.1, 0.15) is 154 Å². The molecular formula is C86H81Cl5N14O5S7. The van der Waals surface area contributed by atoms with Crippen molar-refractivity contribution < 1.29 is 24.0 Å². The molecule has 117 heavy (non-hydrogen) atoms. The first kappa shape index (κ1) is 94.3. The Balaban J connectivity index is 0.000000198. The van der Waals surface area contributed by atoms with Crippen molar-refractivity contribution in [1.29, 1.82) is 5.26 Å². The van der Waals surface area contributed by atoms with Gasteiger partial charge in [-0.05, 0) is 211 Å². The standard InChI is InChI=1S/C20H19ClN4OS2.C20H17ClN4S2.C14H10ClNOS2.C13H12ClNOS.C9H6ClNO.C6H9N3.C4H8O/c1-12-13(2)28-19(17(12)18(26)15-7-3-4-8-16(15)21)24-20(27)25(22)11-14-6-5-9-23-10-14;1-12-13(2)27-19-17(12)18(15-7-3-4-8-16(15)21)24-25(20(26)23-19)11-14-6-5-9-22-10-14;1-8-9(2)19-14(16-7-18)12(8)13(17)10-5-3-4-6-11(10)15;1-7-8(2)17-13(15)11(7)12(16)9-5-3-4-6-10(9)14;10-8-4-2-1-3-7(8)9(12)5-6-11;7-9-5-6-2-1-3-8-4-6;1-3-4(2)5/h3-10H,11,22H2,1-2H3,(H,24,27);3-10H,11H2,1-2H3,(H,23,26);3-6H,1-2H3;3-6H,15H2,1-2H3;1-4H,5H2;1-4,9H,5,7H2;3H2,1-2H3. The first-order valence-electron chi connectivity index (χ1n) is 35.6. The molecule has 12 aromatic rings. The van der Waals surface area contributed by atoms with Gasteiger partial charge in [0.25, 0.3) is 0 Å². The SMILES string of the molecule is CCC(C)=O.Cc1sc(N)c(C(=O)c2ccccc2Cl)c1C.Cc1sc(N=C=S)c(C(=O)c2ccccc2Cl)c1C.Cc1sc(NC(=S)N(N)Cc2cccnc2)c(C(=O)c2ccccc2Cl)c1C.Cc1sc2c(c1C)C(c1ccccc1Cl)=NN(Cc1cccnc1)C(=S)N2.N#CCC(=O)c1ccccc1Cl.NNCc1cccnc1. The maximum Gasteiger partial charge on any atom is 0.197 e. The van der Waals surface area contributed by atoms with Crippen LogP contribution in [0.3, 0.4) is 0 Å². The molecule has 0 fully saturated rings. The molecule has 8 heterocycles. The number of aromatic nitrogens is 3. The third-order valence-corrected chi connectivity index (χ3v) is 24.1. The van der Waals surface area contributed by atoms with Crippen molar-refractivity contribution in [3.63, 3.8) is 0 Å². The number of hydrazone groups is 1. The molecule has 0 atom stereocenters. The van der Waals surface area contributed by atoms with E-state index in [1.54, 1.807) is 157 Å². The van der Waals surface area contributed by atoms with Gasteiger partial charge >= 0.3 is 0 Å². The number of Topliss-reactive ketones (excluding diaryl/α,β-unsaturated/α-hetero) is 2. The number of thiophene rings is 4. The molecule has 31 heteroatoms. The lowest BCUT2D eigenvalue weighted by atomic mass is 10.00. The first-order valence-corrected chi connectivity index (χ1v) is 42.0. The highest BCUT2D eigenvalue weighted by molar-refractivity contribution is 7.80. The van der Waals surface area contributed by atoms with Crippen LogP contribution in [0.15, 0.2) is 205 Å². The lowest BCUT2D eigenvalue weighted by Gasteiger charge is -2.20. The first-order chi connectivity index (χ1) is 56.0. The highest BCUT2D eigenvalue weighted by atomic mass is 35.5. The summed E-state index contributed by atoms with van der Waals surface area (Å²) in [5.41, 5.74) is 21.8. The smallest absolute Gasteiger partial charge is 0.197 e. The Bertz CT molecular complexity index is 5650. The summed E-state index contributed by atoms with van der Waals surface area (Å²) in [6.07, 6.45) is 11.1. The lowest BCUT2D eigenvalue weighted by Crippen LogP contribution is -2.39. The van der Waals surface area contributed by atoms with Crippen molar-refractivity contribution in [2.24, 2.45) is 21.8 Å². The summed E-state index contributed by atoms with van der Waals surface area (Å²) in [5, 5.41) is 31.3. The number of isothiocyanates is 1. The molecule has 0 unspecified atom stereocenters. The summed E-state index contributed by atoms with van der Waals surface area (Å²) in [6, 6.07) is 48.8. The number of aryl methyl sites for hydroxylation is 4.